The highest BCUT2D eigenvalue weighted by Crippen LogP contribution is 2.14. The van der Waals surface area contributed by atoms with Crippen LogP contribution >= 0.6 is 0 Å². The SMILES string of the molecule is Nc1ccc(-n2nnnc2OC/C=C/c2ccccc2)cc1. The van der Waals surface area contributed by atoms with E-state index in [1.165, 1.54) is 4.68 Å². The molecule has 0 fully saturated rings. The van der Waals surface area contributed by atoms with Gasteiger partial charge in [-0.05, 0) is 46.3 Å². The molecule has 0 saturated heterocycles. The Labute approximate surface area is 127 Å². The minimum atomic E-state index is 0.336. The summed E-state index contributed by atoms with van der Waals surface area (Å²) in [5.74, 6) is 0. The first-order valence-corrected chi connectivity index (χ1v) is 6.81. The molecule has 0 spiro atoms. The summed E-state index contributed by atoms with van der Waals surface area (Å²) < 4.78 is 7.12. The minimum Gasteiger partial charge on any atom is -0.458 e. The van der Waals surface area contributed by atoms with Gasteiger partial charge < -0.3 is 10.5 Å². The molecule has 0 radical (unpaired) electrons. The zero-order valence-electron chi connectivity index (χ0n) is 11.8. The Bertz CT molecular complexity index is 750. The molecule has 2 aromatic carbocycles. The van der Waals surface area contributed by atoms with Crippen molar-refractivity contribution in [2.45, 2.75) is 0 Å². The molecule has 3 rings (SSSR count). The molecule has 0 aliphatic heterocycles. The summed E-state index contributed by atoms with van der Waals surface area (Å²) in [5, 5.41) is 11.4. The van der Waals surface area contributed by atoms with E-state index in [1.807, 2.05) is 54.6 Å². The van der Waals surface area contributed by atoms with E-state index < -0.39 is 0 Å². The molecule has 1 aromatic heterocycles. The molecule has 0 amide bonds. The molecule has 0 atom stereocenters. The van der Waals surface area contributed by atoms with Crippen molar-refractivity contribution in [3.8, 4) is 11.7 Å². The lowest BCUT2D eigenvalue weighted by molar-refractivity contribution is 0.324. The van der Waals surface area contributed by atoms with Crippen LogP contribution < -0.4 is 10.5 Å². The molecule has 6 heteroatoms. The second-order valence-corrected chi connectivity index (χ2v) is 4.59. The van der Waals surface area contributed by atoms with Gasteiger partial charge in [0.1, 0.15) is 6.61 Å². The van der Waals surface area contributed by atoms with Crippen LogP contribution in [0.3, 0.4) is 0 Å². The first-order chi connectivity index (χ1) is 10.8. The van der Waals surface area contributed by atoms with Crippen LogP contribution in [0.15, 0.2) is 60.7 Å². The first kappa shape index (κ1) is 13.8. The van der Waals surface area contributed by atoms with Gasteiger partial charge in [-0.15, -0.1) is 0 Å². The zero-order chi connectivity index (χ0) is 15.2. The summed E-state index contributed by atoms with van der Waals surface area (Å²) in [6.45, 7) is 0.379. The number of tetrazole rings is 1. The number of hydrogen-bond acceptors (Lipinski definition) is 5. The second-order valence-electron chi connectivity index (χ2n) is 4.59. The molecule has 0 aliphatic rings. The second kappa shape index (κ2) is 6.53. The number of rotatable bonds is 5. The number of ether oxygens (including phenoxy) is 1. The number of anilines is 1. The van der Waals surface area contributed by atoms with Gasteiger partial charge in [-0.25, -0.2) is 0 Å². The van der Waals surface area contributed by atoms with Crippen molar-refractivity contribution in [1.29, 1.82) is 0 Å². The smallest absolute Gasteiger partial charge is 0.340 e. The zero-order valence-corrected chi connectivity index (χ0v) is 11.8. The van der Waals surface area contributed by atoms with E-state index in [1.54, 1.807) is 12.1 Å². The Morgan fingerprint density at radius 1 is 1.05 bits per heavy atom. The van der Waals surface area contributed by atoms with Crippen molar-refractivity contribution in [2.24, 2.45) is 0 Å². The van der Waals surface area contributed by atoms with Crippen molar-refractivity contribution >= 4 is 11.8 Å². The molecule has 0 bridgehead atoms. The maximum atomic E-state index is 5.67. The fraction of sp³-hybridized carbons (Fsp3) is 0.0625. The number of benzene rings is 2. The Hall–Kier alpha value is -3.15. The van der Waals surface area contributed by atoms with Crippen molar-refractivity contribution < 1.29 is 4.74 Å². The topological polar surface area (TPSA) is 78.9 Å². The maximum absolute atomic E-state index is 5.67. The van der Waals surface area contributed by atoms with Gasteiger partial charge in [0, 0.05) is 5.69 Å². The van der Waals surface area contributed by atoms with Gasteiger partial charge in [0.25, 0.3) is 0 Å². The van der Waals surface area contributed by atoms with Gasteiger partial charge in [0.2, 0.25) is 0 Å². The standard InChI is InChI=1S/C16H15N5O/c17-14-8-10-15(11-9-14)21-16(18-19-20-21)22-12-4-7-13-5-2-1-3-6-13/h1-11H,12,17H2/b7-4+. The average molecular weight is 293 g/mol. The molecule has 3 aromatic rings. The Morgan fingerprint density at radius 3 is 2.59 bits per heavy atom. The van der Waals surface area contributed by atoms with Crippen LogP contribution in [0.1, 0.15) is 5.56 Å². The summed E-state index contributed by atoms with van der Waals surface area (Å²) in [4.78, 5) is 0. The summed E-state index contributed by atoms with van der Waals surface area (Å²) >= 11 is 0. The van der Waals surface area contributed by atoms with Crippen molar-refractivity contribution in [3.05, 3.63) is 66.2 Å². The number of aromatic nitrogens is 4. The third kappa shape index (κ3) is 3.29. The molecular formula is C16H15N5O. The van der Waals surface area contributed by atoms with Crippen LogP contribution in [0.5, 0.6) is 6.01 Å². The maximum Gasteiger partial charge on any atom is 0.340 e. The Morgan fingerprint density at radius 2 is 1.82 bits per heavy atom. The molecular weight excluding hydrogens is 278 g/mol. The lowest BCUT2D eigenvalue weighted by atomic mass is 10.2. The fourth-order valence-electron chi connectivity index (χ4n) is 1.92. The third-order valence-corrected chi connectivity index (χ3v) is 3.00. The van der Waals surface area contributed by atoms with Crippen molar-refractivity contribution in [1.82, 2.24) is 20.2 Å². The van der Waals surface area contributed by atoms with E-state index in [0.717, 1.165) is 11.3 Å². The average Bonchev–Trinajstić information content (AvgIpc) is 3.02. The lowest BCUT2D eigenvalue weighted by Crippen LogP contribution is -2.04. The number of hydrogen-bond donors (Lipinski definition) is 1. The normalized spacial score (nSPS) is 10.9. The lowest BCUT2D eigenvalue weighted by Gasteiger charge is -2.04. The number of nitrogens with zero attached hydrogens (tertiary/aromatic N) is 4. The van der Waals surface area contributed by atoms with E-state index in [-0.39, 0.29) is 0 Å². The molecule has 22 heavy (non-hydrogen) atoms. The molecule has 1 heterocycles. The van der Waals surface area contributed by atoms with E-state index in [9.17, 15) is 0 Å². The molecule has 6 nitrogen and oxygen atoms in total. The largest absolute Gasteiger partial charge is 0.458 e. The summed E-state index contributed by atoms with van der Waals surface area (Å²) in [6, 6.07) is 17.6. The van der Waals surface area contributed by atoms with Crippen LogP contribution in [-0.2, 0) is 0 Å². The molecule has 110 valence electrons. The number of nitrogen functional groups attached to an aromatic ring is 1. The van der Waals surface area contributed by atoms with Crippen LogP contribution in [0.4, 0.5) is 5.69 Å². The Kier molecular flexibility index (Phi) is 4.10. The summed E-state index contributed by atoms with van der Waals surface area (Å²) in [6.07, 6.45) is 3.90. The van der Waals surface area contributed by atoms with Gasteiger partial charge >= 0.3 is 6.01 Å². The van der Waals surface area contributed by atoms with Crippen LogP contribution in [0, 0.1) is 0 Å². The highest BCUT2D eigenvalue weighted by atomic mass is 16.5. The molecule has 2 N–H and O–H groups in total. The fourth-order valence-corrected chi connectivity index (χ4v) is 1.92. The predicted molar refractivity (Wildman–Crippen MR) is 84.5 cm³/mol. The van der Waals surface area contributed by atoms with E-state index in [2.05, 4.69) is 15.5 Å². The van der Waals surface area contributed by atoms with Gasteiger partial charge in [0.05, 0.1) is 5.69 Å². The van der Waals surface area contributed by atoms with Gasteiger partial charge in [-0.3, -0.25) is 0 Å². The molecule has 0 unspecified atom stereocenters. The number of nitrogens with two attached hydrogens (primary N) is 1. The monoisotopic (exact) mass is 293 g/mol. The van der Waals surface area contributed by atoms with E-state index in [4.69, 9.17) is 10.5 Å². The molecule has 0 aliphatic carbocycles. The quantitative estimate of drug-likeness (QED) is 0.730. The van der Waals surface area contributed by atoms with Crippen LogP contribution in [0.25, 0.3) is 11.8 Å². The van der Waals surface area contributed by atoms with Crippen LogP contribution in [-0.4, -0.2) is 26.8 Å². The van der Waals surface area contributed by atoms with E-state index in [0.29, 0.717) is 18.3 Å². The Balaban J connectivity index is 1.66. The van der Waals surface area contributed by atoms with E-state index >= 15 is 0 Å². The van der Waals surface area contributed by atoms with Gasteiger partial charge in [-0.2, -0.15) is 4.68 Å². The van der Waals surface area contributed by atoms with Gasteiger partial charge in [-0.1, -0.05) is 41.5 Å². The van der Waals surface area contributed by atoms with Crippen molar-refractivity contribution in [3.63, 3.8) is 0 Å². The predicted octanol–water partition coefficient (Wildman–Crippen LogP) is 2.34. The highest BCUT2D eigenvalue weighted by molar-refractivity contribution is 5.48. The first-order valence-electron chi connectivity index (χ1n) is 6.81. The summed E-state index contributed by atoms with van der Waals surface area (Å²) in [7, 11) is 0. The van der Waals surface area contributed by atoms with Gasteiger partial charge in [0.15, 0.2) is 0 Å². The highest BCUT2D eigenvalue weighted by Gasteiger charge is 2.08. The molecule has 0 saturated carbocycles. The summed E-state index contributed by atoms with van der Waals surface area (Å²) in [5.41, 5.74) is 8.26. The van der Waals surface area contributed by atoms with Crippen molar-refractivity contribution in [2.75, 3.05) is 12.3 Å². The third-order valence-electron chi connectivity index (χ3n) is 3.00. The van der Waals surface area contributed by atoms with Crippen LogP contribution in [0.2, 0.25) is 0 Å². The minimum absolute atomic E-state index is 0.336.